The molecule has 0 spiro atoms. The van der Waals surface area contributed by atoms with Crippen LogP contribution in [0.5, 0.6) is 11.5 Å². The highest BCUT2D eigenvalue weighted by Crippen LogP contribution is 2.28. The smallest absolute Gasteiger partial charge is 0.324 e. The molecular weight excluding hydrogens is 573 g/mol. The van der Waals surface area contributed by atoms with Crippen LogP contribution in [0.25, 0.3) is 5.69 Å². The molecule has 45 heavy (non-hydrogen) atoms. The first-order chi connectivity index (χ1) is 21.5. The van der Waals surface area contributed by atoms with E-state index in [-0.39, 0.29) is 22.8 Å². The number of rotatable bonds is 12. The Hall–Kier alpha value is -4.77. The van der Waals surface area contributed by atoms with Crippen molar-refractivity contribution < 1.29 is 18.7 Å². The number of aromatic nitrogens is 3. The SMILES string of the molecule is CCN(CC)CCCNC(=O)c1cccc(-n2nc(C(C)(C)C)cc2NC(=O)Nc2ccc(Oc3ccnc(C)c3)cc2F)c1. The first-order valence-corrected chi connectivity index (χ1v) is 15.2. The molecule has 4 aromatic rings. The standard InChI is InChI=1S/C34H42FN7O3/c1-7-41(8-2)18-10-16-37-32(43)24-11-9-12-25(20-24)42-31(22-30(40-42)34(4,5)6)39-33(44)38-29-14-13-26(21-28(29)35)45-27-15-17-36-23(3)19-27/h9,11-15,17,19-22H,7-8,10,16,18H2,1-6H3,(H,37,43)(H2,38,39,44). The molecule has 11 heteroatoms. The number of carbonyl (C=O) groups is 2. The minimum absolute atomic E-state index is 0.0208. The predicted molar refractivity (Wildman–Crippen MR) is 175 cm³/mol. The second-order valence-corrected chi connectivity index (χ2v) is 11.7. The first kappa shape index (κ1) is 33.1. The molecule has 0 saturated carbocycles. The Morgan fingerprint density at radius 1 is 0.978 bits per heavy atom. The number of nitrogens with zero attached hydrogens (tertiary/aromatic N) is 4. The van der Waals surface area contributed by atoms with Gasteiger partial charge in [0.2, 0.25) is 0 Å². The van der Waals surface area contributed by atoms with Crippen LogP contribution in [0.4, 0.5) is 20.7 Å². The van der Waals surface area contributed by atoms with Crippen molar-refractivity contribution >= 4 is 23.4 Å². The Kier molecular flexibility index (Phi) is 10.9. The fourth-order valence-electron chi connectivity index (χ4n) is 4.61. The van der Waals surface area contributed by atoms with Gasteiger partial charge in [0.05, 0.1) is 17.1 Å². The third-order valence-corrected chi connectivity index (χ3v) is 7.20. The number of amides is 3. The predicted octanol–water partition coefficient (Wildman–Crippen LogP) is 6.91. The number of ether oxygens (including phenoxy) is 1. The topological polar surface area (TPSA) is 113 Å². The van der Waals surface area contributed by atoms with Crippen LogP contribution < -0.4 is 20.7 Å². The summed E-state index contributed by atoms with van der Waals surface area (Å²) in [4.78, 5) is 32.4. The number of urea groups is 1. The maximum atomic E-state index is 15.0. The van der Waals surface area contributed by atoms with Crippen molar-refractivity contribution in [2.24, 2.45) is 0 Å². The zero-order valence-electron chi connectivity index (χ0n) is 26.8. The summed E-state index contributed by atoms with van der Waals surface area (Å²) < 4.78 is 22.2. The van der Waals surface area contributed by atoms with E-state index in [1.807, 2.05) is 33.8 Å². The molecule has 0 atom stereocenters. The van der Waals surface area contributed by atoms with Gasteiger partial charge in [-0.1, -0.05) is 40.7 Å². The Morgan fingerprint density at radius 2 is 1.73 bits per heavy atom. The molecule has 2 heterocycles. The monoisotopic (exact) mass is 615 g/mol. The van der Waals surface area contributed by atoms with E-state index in [9.17, 15) is 14.0 Å². The van der Waals surface area contributed by atoms with E-state index in [0.717, 1.165) is 37.4 Å². The molecule has 0 radical (unpaired) electrons. The van der Waals surface area contributed by atoms with E-state index in [1.165, 1.54) is 12.1 Å². The molecule has 0 aliphatic carbocycles. The van der Waals surface area contributed by atoms with Gasteiger partial charge in [-0.3, -0.25) is 15.1 Å². The molecule has 3 amide bonds. The van der Waals surface area contributed by atoms with Crippen LogP contribution in [-0.4, -0.2) is 57.8 Å². The van der Waals surface area contributed by atoms with Crippen LogP contribution in [0.1, 0.15) is 62.8 Å². The summed E-state index contributed by atoms with van der Waals surface area (Å²) in [6.45, 7) is 15.5. The van der Waals surface area contributed by atoms with Gasteiger partial charge in [-0.15, -0.1) is 0 Å². The van der Waals surface area contributed by atoms with E-state index >= 15 is 0 Å². The highest BCUT2D eigenvalue weighted by atomic mass is 19.1. The van der Waals surface area contributed by atoms with Gasteiger partial charge in [-0.25, -0.2) is 13.9 Å². The lowest BCUT2D eigenvalue weighted by Gasteiger charge is -2.17. The van der Waals surface area contributed by atoms with E-state index in [2.05, 4.69) is 39.7 Å². The maximum absolute atomic E-state index is 15.0. The number of halogens is 1. The van der Waals surface area contributed by atoms with Gasteiger partial charge in [0.15, 0.2) is 0 Å². The summed E-state index contributed by atoms with van der Waals surface area (Å²) in [5, 5.41) is 13.1. The Balaban J connectivity index is 1.48. The van der Waals surface area contributed by atoms with E-state index in [1.54, 1.807) is 53.3 Å². The number of benzene rings is 2. The summed E-state index contributed by atoms with van der Waals surface area (Å²) in [6.07, 6.45) is 2.46. The number of hydrogen-bond acceptors (Lipinski definition) is 6. The zero-order chi connectivity index (χ0) is 32.6. The number of aryl methyl sites for hydroxylation is 1. The number of pyridine rings is 1. The number of nitrogens with one attached hydrogen (secondary N) is 3. The third-order valence-electron chi connectivity index (χ3n) is 7.20. The number of carbonyl (C=O) groups excluding carboxylic acids is 2. The molecule has 0 saturated heterocycles. The van der Waals surface area contributed by atoms with Crippen molar-refractivity contribution in [3.05, 3.63) is 89.6 Å². The zero-order valence-corrected chi connectivity index (χ0v) is 26.8. The summed E-state index contributed by atoms with van der Waals surface area (Å²) in [6, 6.07) is 15.8. The highest BCUT2D eigenvalue weighted by molar-refractivity contribution is 5.99. The molecular formula is C34H42FN7O3. The first-order valence-electron chi connectivity index (χ1n) is 15.2. The lowest BCUT2D eigenvalue weighted by atomic mass is 9.92. The van der Waals surface area contributed by atoms with Gasteiger partial charge in [-0.05, 0) is 69.4 Å². The van der Waals surface area contributed by atoms with E-state index in [0.29, 0.717) is 29.4 Å². The van der Waals surface area contributed by atoms with Gasteiger partial charge < -0.3 is 20.3 Å². The number of hydrogen-bond donors (Lipinski definition) is 3. The minimum Gasteiger partial charge on any atom is -0.457 e. The van der Waals surface area contributed by atoms with Crippen molar-refractivity contribution in [2.45, 2.75) is 53.4 Å². The van der Waals surface area contributed by atoms with Crippen LogP contribution in [0.3, 0.4) is 0 Å². The third kappa shape index (κ3) is 9.12. The van der Waals surface area contributed by atoms with E-state index in [4.69, 9.17) is 9.84 Å². The molecule has 10 nitrogen and oxygen atoms in total. The minimum atomic E-state index is -0.659. The molecule has 0 fully saturated rings. The second-order valence-electron chi connectivity index (χ2n) is 11.7. The van der Waals surface area contributed by atoms with Crippen LogP contribution in [-0.2, 0) is 5.41 Å². The normalized spacial score (nSPS) is 11.4. The average Bonchev–Trinajstić information content (AvgIpc) is 3.43. The summed E-state index contributed by atoms with van der Waals surface area (Å²) in [5.74, 6) is 0.328. The fraction of sp³-hybridized carbons (Fsp3) is 0.353. The van der Waals surface area contributed by atoms with Crippen LogP contribution in [0.15, 0.2) is 66.9 Å². The van der Waals surface area contributed by atoms with Gasteiger partial charge in [0.25, 0.3) is 5.91 Å². The summed E-state index contributed by atoms with van der Waals surface area (Å²) in [7, 11) is 0. The van der Waals surface area contributed by atoms with Crippen LogP contribution in [0, 0.1) is 12.7 Å². The van der Waals surface area contributed by atoms with Crippen LogP contribution in [0.2, 0.25) is 0 Å². The fourth-order valence-corrected chi connectivity index (χ4v) is 4.61. The van der Waals surface area contributed by atoms with Crippen molar-refractivity contribution in [3.8, 4) is 17.2 Å². The molecule has 238 valence electrons. The Morgan fingerprint density at radius 3 is 2.42 bits per heavy atom. The Labute approximate surface area is 264 Å². The van der Waals surface area contributed by atoms with Crippen molar-refractivity contribution in [1.29, 1.82) is 0 Å². The summed E-state index contributed by atoms with van der Waals surface area (Å²) in [5.41, 5.74) is 2.22. The summed E-state index contributed by atoms with van der Waals surface area (Å²) >= 11 is 0. The molecule has 0 aliphatic rings. The average molecular weight is 616 g/mol. The second kappa shape index (κ2) is 14.8. The lowest BCUT2D eigenvalue weighted by molar-refractivity contribution is 0.0951. The maximum Gasteiger partial charge on any atom is 0.324 e. The Bertz CT molecular complexity index is 1630. The van der Waals surface area contributed by atoms with Crippen molar-refractivity contribution in [3.63, 3.8) is 0 Å². The van der Waals surface area contributed by atoms with Crippen molar-refractivity contribution in [2.75, 3.05) is 36.8 Å². The van der Waals surface area contributed by atoms with Gasteiger partial charge in [0.1, 0.15) is 23.1 Å². The molecule has 0 bridgehead atoms. The molecule has 0 unspecified atom stereocenters. The quantitative estimate of drug-likeness (QED) is 0.149. The van der Waals surface area contributed by atoms with Crippen LogP contribution >= 0.6 is 0 Å². The largest absolute Gasteiger partial charge is 0.457 e. The molecule has 4 rings (SSSR count). The van der Waals surface area contributed by atoms with E-state index < -0.39 is 11.8 Å². The van der Waals surface area contributed by atoms with Gasteiger partial charge >= 0.3 is 6.03 Å². The van der Waals surface area contributed by atoms with Gasteiger partial charge in [0, 0.05) is 47.6 Å². The molecule has 2 aromatic heterocycles. The molecule has 2 aromatic carbocycles. The molecule has 0 aliphatic heterocycles. The van der Waals surface area contributed by atoms with Gasteiger partial charge in [-0.2, -0.15) is 5.10 Å². The van der Waals surface area contributed by atoms with Crippen molar-refractivity contribution in [1.82, 2.24) is 25.0 Å². The number of anilines is 2. The highest BCUT2D eigenvalue weighted by Gasteiger charge is 2.22. The lowest BCUT2D eigenvalue weighted by Crippen LogP contribution is -2.30. The molecule has 3 N–H and O–H groups in total.